The quantitative estimate of drug-likeness (QED) is 0.816. The average Bonchev–Trinajstić information content (AvgIpc) is 3.12. The SMILES string of the molecule is CNC1CCN(c2cc(NCC3CC3)ncn2)C1. The van der Waals surface area contributed by atoms with Gasteiger partial charge in [0.1, 0.15) is 18.0 Å². The van der Waals surface area contributed by atoms with Gasteiger partial charge in [0.2, 0.25) is 0 Å². The molecule has 18 heavy (non-hydrogen) atoms. The molecule has 1 aromatic heterocycles. The van der Waals surface area contributed by atoms with Gasteiger partial charge in [-0.2, -0.15) is 0 Å². The molecule has 2 aliphatic rings. The third-order valence-corrected chi connectivity index (χ3v) is 3.84. The monoisotopic (exact) mass is 247 g/mol. The van der Waals surface area contributed by atoms with Crippen molar-refractivity contribution in [2.24, 2.45) is 5.92 Å². The number of nitrogens with zero attached hydrogens (tertiary/aromatic N) is 3. The van der Waals surface area contributed by atoms with Gasteiger partial charge in [0.25, 0.3) is 0 Å². The molecule has 1 aromatic rings. The van der Waals surface area contributed by atoms with Crippen molar-refractivity contribution in [2.75, 3.05) is 36.9 Å². The maximum atomic E-state index is 4.38. The standard InChI is InChI=1S/C13H21N5/c1-14-11-4-5-18(8-11)13-6-12(16-9-17-13)15-7-10-2-3-10/h6,9-11,14H,2-5,7-8H2,1H3,(H,15,16,17). The first-order chi connectivity index (χ1) is 8.85. The zero-order valence-corrected chi connectivity index (χ0v) is 10.9. The predicted molar refractivity (Wildman–Crippen MR) is 72.9 cm³/mol. The fourth-order valence-corrected chi connectivity index (χ4v) is 2.39. The van der Waals surface area contributed by atoms with Crippen molar-refractivity contribution in [3.05, 3.63) is 12.4 Å². The van der Waals surface area contributed by atoms with E-state index in [0.29, 0.717) is 6.04 Å². The van der Waals surface area contributed by atoms with Gasteiger partial charge in [-0.1, -0.05) is 0 Å². The largest absolute Gasteiger partial charge is 0.370 e. The number of hydrogen-bond acceptors (Lipinski definition) is 5. The maximum absolute atomic E-state index is 4.38. The molecule has 98 valence electrons. The summed E-state index contributed by atoms with van der Waals surface area (Å²) in [6.45, 7) is 3.16. The van der Waals surface area contributed by atoms with E-state index in [1.165, 1.54) is 19.3 Å². The Kier molecular flexibility index (Phi) is 3.32. The molecule has 1 saturated heterocycles. The van der Waals surface area contributed by atoms with Crippen LogP contribution in [0.5, 0.6) is 0 Å². The molecule has 5 heteroatoms. The lowest BCUT2D eigenvalue weighted by Gasteiger charge is -2.17. The Balaban J connectivity index is 1.62. The fraction of sp³-hybridized carbons (Fsp3) is 0.692. The van der Waals surface area contributed by atoms with Gasteiger partial charge in [0, 0.05) is 31.7 Å². The van der Waals surface area contributed by atoms with E-state index < -0.39 is 0 Å². The van der Waals surface area contributed by atoms with Gasteiger partial charge < -0.3 is 15.5 Å². The highest BCUT2D eigenvalue weighted by Crippen LogP contribution is 2.29. The number of rotatable bonds is 5. The van der Waals surface area contributed by atoms with E-state index in [2.05, 4.69) is 31.6 Å². The van der Waals surface area contributed by atoms with Crippen molar-refractivity contribution in [3.63, 3.8) is 0 Å². The summed E-state index contributed by atoms with van der Waals surface area (Å²) in [6.07, 6.45) is 5.57. The number of aromatic nitrogens is 2. The van der Waals surface area contributed by atoms with E-state index in [0.717, 1.165) is 37.2 Å². The first-order valence-corrected chi connectivity index (χ1v) is 6.83. The molecule has 1 atom stereocenters. The van der Waals surface area contributed by atoms with E-state index in [-0.39, 0.29) is 0 Å². The summed E-state index contributed by atoms with van der Waals surface area (Å²) in [6, 6.07) is 2.66. The van der Waals surface area contributed by atoms with Crippen LogP contribution in [0, 0.1) is 5.92 Å². The maximum Gasteiger partial charge on any atom is 0.134 e. The van der Waals surface area contributed by atoms with Crippen LogP contribution in [0.3, 0.4) is 0 Å². The Labute approximate surface area is 108 Å². The van der Waals surface area contributed by atoms with Crippen LogP contribution in [0.4, 0.5) is 11.6 Å². The van der Waals surface area contributed by atoms with Crippen LogP contribution in [0.1, 0.15) is 19.3 Å². The van der Waals surface area contributed by atoms with Crippen LogP contribution in [0.25, 0.3) is 0 Å². The Hall–Kier alpha value is -1.36. The average molecular weight is 247 g/mol. The lowest BCUT2D eigenvalue weighted by molar-refractivity contribution is 0.616. The van der Waals surface area contributed by atoms with Crippen molar-refractivity contribution in [2.45, 2.75) is 25.3 Å². The third-order valence-electron chi connectivity index (χ3n) is 3.84. The van der Waals surface area contributed by atoms with Gasteiger partial charge >= 0.3 is 0 Å². The van der Waals surface area contributed by atoms with Crippen LogP contribution < -0.4 is 15.5 Å². The number of likely N-dealkylation sites (N-methyl/N-ethyl adjacent to an activating group) is 1. The molecule has 0 amide bonds. The van der Waals surface area contributed by atoms with Crippen LogP contribution in [-0.4, -0.2) is 42.7 Å². The summed E-state index contributed by atoms with van der Waals surface area (Å²) in [5, 5.41) is 6.73. The third kappa shape index (κ3) is 2.72. The first-order valence-electron chi connectivity index (χ1n) is 6.83. The Morgan fingerprint density at radius 1 is 1.33 bits per heavy atom. The minimum absolute atomic E-state index is 0.586. The second kappa shape index (κ2) is 5.10. The molecule has 0 bridgehead atoms. The Morgan fingerprint density at radius 3 is 2.94 bits per heavy atom. The van der Waals surface area contributed by atoms with E-state index in [1.54, 1.807) is 6.33 Å². The van der Waals surface area contributed by atoms with Crippen LogP contribution >= 0.6 is 0 Å². The Bertz CT molecular complexity index is 404. The first kappa shape index (κ1) is 11.7. The molecule has 1 aliphatic heterocycles. The minimum Gasteiger partial charge on any atom is -0.370 e. The molecule has 1 unspecified atom stereocenters. The zero-order chi connectivity index (χ0) is 12.4. The summed E-state index contributed by atoms with van der Waals surface area (Å²) >= 11 is 0. The normalized spacial score (nSPS) is 23.4. The molecular formula is C13H21N5. The van der Waals surface area contributed by atoms with Gasteiger partial charge in [-0.3, -0.25) is 0 Å². The molecule has 2 N–H and O–H groups in total. The molecule has 1 saturated carbocycles. The summed E-state index contributed by atoms with van der Waals surface area (Å²) in [5.41, 5.74) is 0. The fourth-order valence-electron chi connectivity index (χ4n) is 2.39. The molecule has 0 radical (unpaired) electrons. The summed E-state index contributed by atoms with van der Waals surface area (Å²) in [7, 11) is 2.02. The second-order valence-corrected chi connectivity index (χ2v) is 5.31. The summed E-state index contributed by atoms with van der Waals surface area (Å²) < 4.78 is 0. The van der Waals surface area contributed by atoms with Crippen molar-refractivity contribution in [1.82, 2.24) is 15.3 Å². The molecule has 3 rings (SSSR count). The Morgan fingerprint density at radius 2 is 2.22 bits per heavy atom. The highest BCUT2D eigenvalue weighted by atomic mass is 15.2. The van der Waals surface area contributed by atoms with Gasteiger partial charge in [-0.25, -0.2) is 9.97 Å². The summed E-state index contributed by atoms with van der Waals surface area (Å²) in [5.74, 6) is 2.87. The molecule has 0 aromatic carbocycles. The molecule has 2 fully saturated rings. The van der Waals surface area contributed by atoms with Crippen molar-refractivity contribution < 1.29 is 0 Å². The lowest BCUT2D eigenvalue weighted by atomic mass is 10.3. The summed E-state index contributed by atoms with van der Waals surface area (Å²) in [4.78, 5) is 11.0. The molecule has 5 nitrogen and oxygen atoms in total. The molecule has 2 heterocycles. The lowest BCUT2D eigenvalue weighted by Crippen LogP contribution is -2.29. The van der Waals surface area contributed by atoms with Crippen molar-refractivity contribution in [1.29, 1.82) is 0 Å². The molecule has 1 aliphatic carbocycles. The highest BCUT2D eigenvalue weighted by molar-refractivity contribution is 5.49. The smallest absolute Gasteiger partial charge is 0.134 e. The minimum atomic E-state index is 0.586. The van der Waals surface area contributed by atoms with Crippen LogP contribution in [-0.2, 0) is 0 Å². The number of hydrogen-bond donors (Lipinski definition) is 2. The predicted octanol–water partition coefficient (Wildman–Crippen LogP) is 1.10. The van der Waals surface area contributed by atoms with Crippen molar-refractivity contribution in [3.8, 4) is 0 Å². The van der Waals surface area contributed by atoms with Gasteiger partial charge in [-0.15, -0.1) is 0 Å². The zero-order valence-electron chi connectivity index (χ0n) is 10.9. The molecule has 0 spiro atoms. The highest BCUT2D eigenvalue weighted by Gasteiger charge is 2.23. The van der Waals surface area contributed by atoms with Gasteiger partial charge in [0.15, 0.2) is 0 Å². The van der Waals surface area contributed by atoms with E-state index in [4.69, 9.17) is 0 Å². The van der Waals surface area contributed by atoms with Gasteiger partial charge in [-0.05, 0) is 32.2 Å². The number of anilines is 2. The van der Waals surface area contributed by atoms with E-state index in [9.17, 15) is 0 Å². The molecular weight excluding hydrogens is 226 g/mol. The van der Waals surface area contributed by atoms with E-state index in [1.807, 2.05) is 7.05 Å². The topological polar surface area (TPSA) is 53.1 Å². The van der Waals surface area contributed by atoms with Crippen molar-refractivity contribution >= 4 is 11.6 Å². The van der Waals surface area contributed by atoms with Gasteiger partial charge in [0.05, 0.1) is 0 Å². The van der Waals surface area contributed by atoms with E-state index >= 15 is 0 Å². The number of nitrogens with one attached hydrogen (secondary N) is 2. The van der Waals surface area contributed by atoms with Crippen LogP contribution in [0.15, 0.2) is 12.4 Å². The van der Waals surface area contributed by atoms with Crippen LogP contribution in [0.2, 0.25) is 0 Å². The second-order valence-electron chi connectivity index (χ2n) is 5.31.